The molecule has 2 amide bonds. The maximum absolute atomic E-state index is 12.2. The smallest absolute Gasteiger partial charge is 0.223 e. The summed E-state index contributed by atoms with van der Waals surface area (Å²) in [6.07, 6.45) is 5.03. The lowest BCUT2D eigenvalue weighted by molar-refractivity contribution is -0.123. The zero-order valence-corrected chi connectivity index (χ0v) is 16.0. The number of amides is 2. The van der Waals surface area contributed by atoms with Crippen molar-refractivity contribution in [3.8, 4) is 0 Å². The van der Waals surface area contributed by atoms with E-state index in [9.17, 15) is 9.59 Å². The molecule has 0 aromatic heterocycles. The molecule has 0 bridgehead atoms. The first-order chi connectivity index (χ1) is 12.0. The van der Waals surface area contributed by atoms with Gasteiger partial charge in [-0.05, 0) is 49.8 Å². The van der Waals surface area contributed by atoms with Gasteiger partial charge in [-0.3, -0.25) is 9.59 Å². The van der Waals surface area contributed by atoms with Gasteiger partial charge in [0, 0.05) is 35.9 Å². The summed E-state index contributed by atoms with van der Waals surface area (Å²) in [6, 6.07) is 7.91. The van der Waals surface area contributed by atoms with Crippen molar-refractivity contribution in [2.75, 3.05) is 13.1 Å². The topological polar surface area (TPSA) is 58.2 Å². The Labute approximate surface area is 155 Å². The van der Waals surface area contributed by atoms with E-state index in [0.717, 1.165) is 30.7 Å². The van der Waals surface area contributed by atoms with Crippen molar-refractivity contribution in [3.63, 3.8) is 0 Å². The van der Waals surface area contributed by atoms with Crippen molar-refractivity contribution < 1.29 is 9.59 Å². The van der Waals surface area contributed by atoms with Crippen molar-refractivity contribution >= 4 is 23.4 Å². The molecule has 2 rings (SSSR count). The monoisotopic (exact) mass is 364 g/mol. The van der Waals surface area contributed by atoms with Crippen LogP contribution >= 0.6 is 11.6 Å². The van der Waals surface area contributed by atoms with Gasteiger partial charge in [-0.2, -0.15) is 0 Å². The fraction of sp³-hybridized carbons (Fsp3) is 0.600. The molecule has 5 heteroatoms. The van der Waals surface area contributed by atoms with Crippen LogP contribution in [0.4, 0.5) is 0 Å². The Morgan fingerprint density at radius 3 is 2.32 bits per heavy atom. The Morgan fingerprint density at radius 1 is 1.12 bits per heavy atom. The molecule has 1 aliphatic carbocycles. The summed E-state index contributed by atoms with van der Waals surface area (Å²) in [6.45, 7) is 5.50. The van der Waals surface area contributed by atoms with Gasteiger partial charge in [0.05, 0.1) is 0 Å². The van der Waals surface area contributed by atoms with E-state index < -0.39 is 0 Å². The molecule has 0 saturated heterocycles. The number of carbonyl (C=O) groups excluding carboxylic acids is 2. The van der Waals surface area contributed by atoms with Crippen LogP contribution in [0.5, 0.6) is 0 Å². The van der Waals surface area contributed by atoms with Crippen LogP contribution in [0, 0.1) is 5.92 Å². The third-order valence-corrected chi connectivity index (χ3v) is 5.51. The lowest BCUT2D eigenvalue weighted by Gasteiger charge is -2.32. The minimum Gasteiger partial charge on any atom is -0.356 e. The summed E-state index contributed by atoms with van der Waals surface area (Å²) in [7, 11) is 0. The summed E-state index contributed by atoms with van der Waals surface area (Å²) in [4.78, 5) is 23.7. The summed E-state index contributed by atoms with van der Waals surface area (Å²) in [5.74, 6) is 0.406. The Hall–Kier alpha value is -1.55. The average Bonchev–Trinajstić information content (AvgIpc) is 3.46. The lowest BCUT2D eigenvalue weighted by atomic mass is 9.76. The number of hydrogen-bond donors (Lipinski definition) is 2. The van der Waals surface area contributed by atoms with E-state index in [1.165, 1.54) is 5.56 Å². The van der Waals surface area contributed by atoms with Gasteiger partial charge in [-0.1, -0.05) is 37.6 Å². The van der Waals surface area contributed by atoms with E-state index in [1.807, 2.05) is 12.1 Å². The number of nitrogens with one attached hydrogen (secondary N) is 2. The van der Waals surface area contributed by atoms with E-state index in [1.54, 1.807) is 0 Å². The predicted molar refractivity (Wildman–Crippen MR) is 102 cm³/mol. The maximum atomic E-state index is 12.2. The summed E-state index contributed by atoms with van der Waals surface area (Å²) >= 11 is 5.99. The lowest BCUT2D eigenvalue weighted by Crippen LogP contribution is -2.40. The van der Waals surface area contributed by atoms with E-state index in [0.29, 0.717) is 25.9 Å². The first-order valence-electron chi connectivity index (χ1n) is 9.31. The van der Waals surface area contributed by atoms with E-state index >= 15 is 0 Å². The largest absolute Gasteiger partial charge is 0.356 e. The minimum absolute atomic E-state index is 0.0425. The highest BCUT2D eigenvalue weighted by atomic mass is 35.5. The van der Waals surface area contributed by atoms with Gasteiger partial charge >= 0.3 is 0 Å². The van der Waals surface area contributed by atoms with Gasteiger partial charge in [-0.15, -0.1) is 0 Å². The van der Waals surface area contributed by atoms with Gasteiger partial charge in [-0.25, -0.2) is 0 Å². The fourth-order valence-electron chi connectivity index (χ4n) is 3.12. The summed E-state index contributed by atoms with van der Waals surface area (Å²) in [5, 5.41) is 6.70. The van der Waals surface area contributed by atoms with Crippen LogP contribution in [-0.4, -0.2) is 24.9 Å². The zero-order valence-electron chi connectivity index (χ0n) is 15.2. The Bertz CT molecular complexity index is 578. The van der Waals surface area contributed by atoms with Crippen LogP contribution in [0.2, 0.25) is 5.02 Å². The first kappa shape index (κ1) is 19.8. The minimum atomic E-state index is -0.0690. The van der Waals surface area contributed by atoms with E-state index in [2.05, 4.69) is 36.6 Å². The van der Waals surface area contributed by atoms with Gasteiger partial charge in [0.15, 0.2) is 0 Å². The Morgan fingerprint density at radius 2 is 1.76 bits per heavy atom. The van der Waals surface area contributed by atoms with Crippen LogP contribution in [0.3, 0.4) is 0 Å². The van der Waals surface area contributed by atoms with Crippen LogP contribution in [-0.2, 0) is 15.0 Å². The molecular formula is C20H29ClN2O2. The predicted octanol–water partition coefficient (Wildman–Crippen LogP) is 3.82. The van der Waals surface area contributed by atoms with Gasteiger partial charge in [0.25, 0.3) is 0 Å². The molecule has 25 heavy (non-hydrogen) atoms. The molecule has 1 fully saturated rings. The normalized spacial score (nSPS) is 14.2. The third-order valence-electron chi connectivity index (χ3n) is 5.26. The number of hydrogen-bond acceptors (Lipinski definition) is 2. The maximum Gasteiger partial charge on any atom is 0.223 e. The second-order valence-corrected chi connectivity index (χ2v) is 7.38. The number of benzene rings is 1. The van der Waals surface area contributed by atoms with Crippen LogP contribution < -0.4 is 10.6 Å². The molecule has 1 aromatic carbocycles. The summed E-state index contributed by atoms with van der Waals surface area (Å²) < 4.78 is 0. The standard InChI is InChI=1S/C20H29ClN2O2/c1-3-20(4-2,16-9-11-17(21)12-10-16)14-23-18(24)6-5-13-22-19(25)15-7-8-15/h9-12,15H,3-8,13-14H2,1-2H3,(H,22,25)(H,23,24). The molecule has 1 aromatic rings. The number of halogens is 1. The highest BCUT2D eigenvalue weighted by Crippen LogP contribution is 2.32. The first-order valence-corrected chi connectivity index (χ1v) is 9.69. The van der Waals surface area contributed by atoms with Gasteiger partial charge in [0.1, 0.15) is 0 Å². The van der Waals surface area contributed by atoms with Crippen LogP contribution in [0.25, 0.3) is 0 Å². The fourth-order valence-corrected chi connectivity index (χ4v) is 3.25. The molecule has 138 valence electrons. The second kappa shape index (κ2) is 9.23. The van der Waals surface area contributed by atoms with E-state index in [-0.39, 0.29) is 23.1 Å². The van der Waals surface area contributed by atoms with Crippen molar-refractivity contribution in [1.82, 2.24) is 10.6 Å². The second-order valence-electron chi connectivity index (χ2n) is 6.94. The van der Waals surface area contributed by atoms with Crippen LogP contribution in [0.15, 0.2) is 24.3 Å². The Balaban J connectivity index is 1.78. The van der Waals surface area contributed by atoms with Crippen molar-refractivity contribution in [1.29, 1.82) is 0 Å². The zero-order chi connectivity index (χ0) is 18.3. The molecule has 0 aliphatic heterocycles. The molecule has 0 spiro atoms. The molecule has 0 radical (unpaired) electrons. The molecule has 1 aliphatic rings. The molecule has 2 N–H and O–H groups in total. The van der Waals surface area contributed by atoms with Crippen LogP contribution in [0.1, 0.15) is 57.9 Å². The van der Waals surface area contributed by atoms with Crippen molar-refractivity contribution in [2.45, 2.75) is 57.8 Å². The SMILES string of the molecule is CCC(CC)(CNC(=O)CCCNC(=O)C1CC1)c1ccc(Cl)cc1. The van der Waals surface area contributed by atoms with Gasteiger partial charge in [0.2, 0.25) is 11.8 Å². The molecule has 0 atom stereocenters. The Kier molecular flexibility index (Phi) is 7.30. The number of carbonyl (C=O) groups is 2. The molecule has 4 nitrogen and oxygen atoms in total. The summed E-state index contributed by atoms with van der Waals surface area (Å²) in [5.41, 5.74) is 1.14. The highest BCUT2D eigenvalue weighted by molar-refractivity contribution is 6.30. The highest BCUT2D eigenvalue weighted by Gasteiger charge is 2.30. The third kappa shape index (κ3) is 5.74. The van der Waals surface area contributed by atoms with Crippen molar-refractivity contribution in [2.24, 2.45) is 5.92 Å². The van der Waals surface area contributed by atoms with Crippen molar-refractivity contribution in [3.05, 3.63) is 34.9 Å². The van der Waals surface area contributed by atoms with Gasteiger partial charge < -0.3 is 10.6 Å². The number of rotatable bonds is 10. The molecule has 1 saturated carbocycles. The van der Waals surface area contributed by atoms with E-state index in [4.69, 9.17) is 11.6 Å². The molecule has 0 unspecified atom stereocenters. The average molecular weight is 365 g/mol. The molecule has 0 heterocycles. The quantitative estimate of drug-likeness (QED) is 0.620. The molecular weight excluding hydrogens is 336 g/mol.